The van der Waals surface area contributed by atoms with Crippen LogP contribution in [0.1, 0.15) is 21.7 Å². The van der Waals surface area contributed by atoms with Crippen molar-refractivity contribution in [1.82, 2.24) is 15.0 Å². The van der Waals surface area contributed by atoms with E-state index in [0.717, 1.165) is 16.9 Å². The molecule has 0 radical (unpaired) electrons. The molecular formula is C24H22N6O. The van der Waals surface area contributed by atoms with Gasteiger partial charge in [-0.2, -0.15) is 0 Å². The highest BCUT2D eigenvalue weighted by Crippen LogP contribution is 2.21. The summed E-state index contributed by atoms with van der Waals surface area (Å²) in [5.74, 6) is 2.51. The average molecular weight is 410 g/mol. The second-order valence-corrected chi connectivity index (χ2v) is 7.00. The molecule has 0 saturated heterocycles. The van der Waals surface area contributed by atoms with E-state index in [-0.39, 0.29) is 5.91 Å². The standard InChI is InChI=1S/C24H22N6O/c1-16-7-3-4-8-20(16)24(31)29-19-12-10-18(11-13-19)28-22-15-23(27-17(2)26-22)30-21-9-5-6-14-25-21/h3-15H,1-2H3,(H,29,31)(H2,25,26,27,28,30). The Hall–Kier alpha value is -4.26. The minimum Gasteiger partial charge on any atom is -0.340 e. The highest BCUT2D eigenvalue weighted by molar-refractivity contribution is 6.05. The fraction of sp³-hybridized carbons (Fsp3) is 0.0833. The summed E-state index contributed by atoms with van der Waals surface area (Å²) in [6.45, 7) is 3.75. The van der Waals surface area contributed by atoms with Gasteiger partial charge in [0.2, 0.25) is 0 Å². The third-order valence-electron chi connectivity index (χ3n) is 4.56. The van der Waals surface area contributed by atoms with Crippen molar-refractivity contribution >= 4 is 34.7 Å². The second kappa shape index (κ2) is 9.04. The number of amides is 1. The maximum absolute atomic E-state index is 12.5. The lowest BCUT2D eigenvalue weighted by atomic mass is 10.1. The molecule has 0 aliphatic rings. The number of pyridine rings is 1. The normalized spacial score (nSPS) is 10.4. The quantitative estimate of drug-likeness (QED) is 0.403. The van der Waals surface area contributed by atoms with Crippen molar-refractivity contribution in [3.63, 3.8) is 0 Å². The molecule has 154 valence electrons. The van der Waals surface area contributed by atoms with Crippen LogP contribution in [0.5, 0.6) is 0 Å². The first-order chi connectivity index (χ1) is 15.1. The topological polar surface area (TPSA) is 91.8 Å². The summed E-state index contributed by atoms with van der Waals surface area (Å²) in [6, 6.07) is 22.4. The molecule has 7 nitrogen and oxygen atoms in total. The van der Waals surface area contributed by atoms with Crippen molar-refractivity contribution in [2.24, 2.45) is 0 Å². The molecule has 3 N–H and O–H groups in total. The van der Waals surface area contributed by atoms with E-state index in [1.807, 2.05) is 86.6 Å². The smallest absolute Gasteiger partial charge is 0.255 e. The Morgan fingerprint density at radius 3 is 2.13 bits per heavy atom. The van der Waals surface area contributed by atoms with E-state index >= 15 is 0 Å². The van der Waals surface area contributed by atoms with Crippen LogP contribution in [0, 0.1) is 13.8 Å². The van der Waals surface area contributed by atoms with E-state index in [2.05, 4.69) is 30.9 Å². The van der Waals surface area contributed by atoms with Gasteiger partial charge in [0.1, 0.15) is 23.3 Å². The van der Waals surface area contributed by atoms with Crippen LogP contribution in [0.2, 0.25) is 0 Å². The van der Waals surface area contributed by atoms with Gasteiger partial charge in [-0.05, 0) is 61.9 Å². The maximum Gasteiger partial charge on any atom is 0.255 e. The molecular weight excluding hydrogens is 388 g/mol. The number of benzene rings is 2. The highest BCUT2D eigenvalue weighted by atomic mass is 16.1. The van der Waals surface area contributed by atoms with Crippen molar-refractivity contribution in [3.8, 4) is 0 Å². The van der Waals surface area contributed by atoms with Crippen molar-refractivity contribution in [3.05, 3.63) is 95.9 Å². The van der Waals surface area contributed by atoms with Gasteiger partial charge < -0.3 is 16.0 Å². The molecule has 7 heteroatoms. The Labute approximate surface area is 180 Å². The van der Waals surface area contributed by atoms with Gasteiger partial charge >= 0.3 is 0 Å². The van der Waals surface area contributed by atoms with Crippen LogP contribution in [0.25, 0.3) is 0 Å². The first-order valence-corrected chi connectivity index (χ1v) is 9.85. The van der Waals surface area contributed by atoms with Crippen LogP contribution in [0.3, 0.4) is 0 Å². The molecule has 4 rings (SSSR count). The zero-order valence-electron chi connectivity index (χ0n) is 17.3. The predicted molar refractivity (Wildman–Crippen MR) is 123 cm³/mol. The molecule has 0 unspecified atom stereocenters. The van der Waals surface area contributed by atoms with E-state index in [1.54, 1.807) is 6.20 Å². The highest BCUT2D eigenvalue weighted by Gasteiger charge is 2.09. The molecule has 0 saturated carbocycles. The number of hydrogen-bond acceptors (Lipinski definition) is 6. The lowest BCUT2D eigenvalue weighted by Crippen LogP contribution is -2.13. The summed E-state index contributed by atoms with van der Waals surface area (Å²) in [4.78, 5) is 25.6. The van der Waals surface area contributed by atoms with Gasteiger partial charge in [-0.1, -0.05) is 24.3 Å². The first-order valence-electron chi connectivity index (χ1n) is 9.85. The third kappa shape index (κ3) is 5.22. The van der Waals surface area contributed by atoms with Gasteiger partial charge in [0, 0.05) is 29.2 Å². The summed E-state index contributed by atoms with van der Waals surface area (Å²) in [5, 5.41) is 9.37. The van der Waals surface area contributed by atoms with Crippen LogP contribution >= 0.6 is 0 Å². The largest absolute Gasteiger partial charge is 0.340 e. The monoisotopic (exact) mass is 410 g/mol. The number of carbonyl (C=O) groups excluding carboxylic acids is 1. The number of hydrogen-bond donors (Lipinski definition) is 3. The summed E-state index contributed by atoms with van der Waals surface area (Å²) in [7, 11) is 0. The Bertz CT molecular complexity index is 1190. The number of rotatable bonds is 6. The van der Waals surface area contributed by atoms with Crippen LogP contribution in [-0.4, -0.2) is 20.9 Å². The van der Waals surface area contributed by atoms with Gasteiger partial charge in [-0.25, -0.2) is 15.0 Å². The molecule has 0 spiro atoms. The van der Waals surface area contributed by atoms with Crippen molar-refractivity contribution in [2.45, 2.75) is 13.8 Å². The maximum atomic E-state index is 12.5. The summed E-state index contributed by atoms with van der Waals surface area (Å²) in [5.41, 5.74) is 3.16. The second-order valence-electron chi connectivity index (χ2n) is 7.00. The summed E-state index contributed by atoms with van der Waals surface area (Å²) >= 11 is 0. The fourth-order valence-corrected chi connectivity index (χ4v) is 3.07. The number of aryl methyl sites for hydroxylation is 2. The van der Waals surface area contributed by atoms with E-state index in [1.165, 1.54) is 0 Å². The van der Waals surface area contributed by atoms with E-state index in [0.29, 0.717) is 28.8 Å². The minimum atomic E-state index is -0.129. The van der Waals surface area contributed by atoms with E-state index in [4.69, 9.17) is 0 Å². The molecule has 1 amide bonds. The molecule has 2 aromatic carbocycles. The first kappa shape index (κ1) is 20.0. The molecule has 0 atom stereocenters. The molecule has 2 heterocycles. The summed E-state index contributed by atoms with van der Waals surface area (Å²) in [6.07, 6.45) is 1.72. The molecule has 31 heavy (non-hydrogen) atoms. The Kier molecular flexibility index (Phi) is 5.84. The molecule has 0 fully saturated rings. The minimum absolute atomic E-state index is 0.129. The Morgan fingerprint density at radius 1 is 0.742 bits per heavy atom. The Balaban J connectivity index is 1.44. The predicted octanol–water partition coefficient (Wildman–Crippen LogP) is 5.23. The van der Waals surface area contributed by atoms with Crippen LogP contribution in [0.4, 0.5) is 28.8 Å². The molecule has 0 aliphatic carbocycles. The average Bonchev–Trinajstić information content (AvgIpc) is 2.76. The van der Waals surface area contributed by atoms with Crippen LogP contribution < -0.4 is 16.0 Å². The fourth-order valence-electron chi connectivity index (χ4n) is 3.07. The van der Waals surface area contributed by atoms with Crippen molar-refractivity contribution in [1.29, 1.82) is 0 Å². The summed E-state index contributed by atoms with van der Waals surface area (Å²) < 4.78 is 0. The number of carbonyl (C=O) groups is 1. The van der Waals surface area contributed by atoms with Gasteiger partial charge in [-0.3, -0.25) is 4.79 Å². The van der Waals surface area contributed by atoms with Crippen LogP contribution in [-0.2, 0) is 0 Å². The van der Waals surface area contributed by atoms with Gasteiger partial charge in [0.25, 0.3) is 5.91 Å². The number of anilines is 5. The zero-order chi connectivity index (χ0) is 21.6. The van der Waals surface area contributed by atoms with E-state index in [9.17, 15) is 4.79 Å². The lowest BCUT2D eigenvalue weighted by molar-refractivity contribution is 0.102. The van der Waals surface area contributed by atoms with Gasteiger partial charge in [-0.15, -0.1) is 0 Å². The number of nitrogens with zero attached hydrogens (tertiary/aromatic N) is 3. The van der Waals surface area contributed by atoms with E-state index < -0.39 is 0 Å². The molecule has 2 aromatic heterocycles. The lowest BCUT2D eigenvalue weighted by Gasteiger charge is -2.11. The van der Waals surface area contributed by atoms with Gasteiger partial charge in [0.15, 0.2) is 0 Å². The Morgan fingerprint density at radius 2 is 1.42 bits per heavy atom. The number of aromatic nitrogens is 3. The van der Waals surface area contributed by atoms with Crippen LogP contribution in [0.15, 0.2) is 79.0 Å². The zero-order valence-corrected chi connectivity index (χ0v) is 17.3. The molecule has 0 bridgehead atoms. The molecule has 4 aromatic rings. The number of nitrogens with one attached hydrogen (secondary N) is 3. The van der Waals surface area contributed by atoms with Crippen molar-refractivity contribution < 1.29 is 4.79 Å². The third-order valence-corrected chi connectivity index (χ3v) is 4.56. The van der Waals surface area contributed by atoms with Crippen molar-refractivity contribution in [2.75, 3.05) is 16.0 Å². The molecule has 0 aliphatic heterocycles. The SMILES string of the molecule is Cc1nc(Nc2ccc(NC(=O)c3ccccc3C)cc2)cc(Nc2ccccn2)n1. The van der Waals surface area contributed by atoms with Gasteiger partial charge in [0.05, 0.1) is 0 Å².